The molecular weight excluding hydrogens is 736 g/mol. The Balaban J connectivity index is 0.000000298. The summed E-state index contributed by atoms with van der Waals surface area (Å²) in [6.07, 6.45) is 11.3. The van der Waals surface area contributed by atoms with Gasteiger partial charge in [-0.2, -0.15) is 36.4 Å². The van der Waals surface area contributed by atoms with E-state index in [0.29, 0.717) is 24.9 Å². The minimum Gasteiger partial charge on any atom is -0.363 e. The van der Waals surface area contributed by atoms with Gasteiger partial charge in [0, 0.05) is 47.2 Å². The third-order valence-electron chi connectivity index (χ3n) is 9.48. The monoisotopic (exact) mass is 794 g/mol. The van der Waals surface area contributed by atoms with Crippen LogP contribution in [0, 0.1) is 58.1 Å². The maximum Gasteiger partial charge on any atom is 4.00 e. The first-order valence-corrected chi connectivity index (χ1v) is 19.3. The van der Waals surface area contributed by atoms with E-state index in [0.717, 1.165) is 63.5 Å². The third-order valence-corrected chi connectivity index (χ3v) is 9.48. The molecule has 0 radical (unpaired) electrons. The maximum absolute atomic E-state index is 14.1. The molecule has 4 aromatic carbocycles. The van der Waals surface area contributed by atoms with Gasteiger partial charge in [0.1, 0.15) is 0 Å². The van der Waals surface area contributed by atoms with Crippen LogP contribution in [-0.4, -0.2) is 24.9 Å². The molecule has 0 aliphatic heterocycles. The first-order chi connectivity index (χ1) is 25.6. The fraction of sp³-hybridized carbons (Fsp3) is 0.478. The quantitative estimate of drug-likeness (QED) is 0.111. The maximum atomic E-state index is 14.1. The van der Waals surface area contributed by atoms with Gasteiger partial charge in [-0.05, 0) is 48.9 Å². The molecule has 9 heteroatoms. The number of carbonyl (C=O) groups excluding carboxylic acids is 2. The standard InChI is InChI=1S/2C18H24F2NO.2C5H5.Ti/c2*1-18(2,3)17(22)21(12-13-7-5-4-6-8-13)16-10-9-14(19)11-15(16)20;2*1-2-4-5-3-1;/h2*9-10,13H,4-8,12H2,1-3H3;2*1-5H;/q4*-1;+4. The van der Waals surface area contributed by atoms with Gasteiger partial charge in [-0.1, -0.05) is 80.1 Å². The summed E-state index contributed by atoms with van der Waals surface area (Å²) in [5.74, 6) is -2.62. The Hall–Kier alpha value is -3.49. The molecule has 0 saturated heterocycles. The smallest absolute Gasteiger partial charge is 0.363 e. The number of anilines is 2. The predicted molar refractivity (Wildman–Crippen MR) is 211 cm³/mol. The normalized spacial score (nSPS) is 14.7. The molecule has 0 N–H and O–H groups in total. The van der Waals surface area contributed by atoms with Crippen LogP contribution >= 0.6 is 0 Å². The van der Waals surface area contributed by atoms with Crippen LogP contribution < -0.4 is 9.80 Å². The average Bonchev–Trinajstić information content (AvgIpc) is 3.91. The molecule has 55 heavy (non-hydrogen) atoms. The second kappa shape index (κ2) is 23.6. The Labute approximate surface area is 342 Å². The zero-order chi connectivity index (χ0) is 39.7. The molecule has 4 nitrogen and oxygen atoms in total. The van der Waals surface area contributed by atoms with E-state index in [1.54, 1.807) is 0 Å². The molecular formula is C46H58F4N2O2Ti. The number of hydrogen-bond acceptors (Lipinski definition) is 2. The number of rotatable bonds is 6. The molecule has 2 aliphatic rings. The molecule has 0 aromatic heterocycles. The van der Waals surface area contributed by atoms with Gasteiger partial charge in [-0.15, -0.1) is 36.4 Å². The van der Waals surface area contributed by atoms with Gasteiger partial charge < -0.3 is 9.80 Å². The molecule has 2 fully saturated rings. The average molecular weight is 795 g/mol. The van der Waals surface area contributed by atoms with Gasteiger partial charge in [-0.3, -0.25) is 9.59 Å². The summed E-state index contributed by atoms with van der Waals surface area (Å²) in [4.78, 5) is 28.4. The molecule has 2 aliphatic carbocycles. The molecule has 2 amide bonds. The van der Waals surface area contributed by atoms with Crippen molar-refractivity contribution in [2.45, 2.75) is 106 Å². The number of halogens is 4. The van der Waals surface area contributed by atoms with Gasteiger partial charge in [0.15, 0.2) is 0 Å². The number of hydrogen-bond donors (Lipinski definition) is 0. The molecule has 0 heterocycles. The molecule has 4 aromatic rings. The minimum absolute atomic E-state index is 0. The van der Waals surface area contributed by atoms with E-state index in [2.05, 4.69) is 0 Å². The Morgan fingerprint density at radius 3 is 1.13 bits per heavy atom. The van der Waals surface area contributed by atoms with Crippen LogP contribution in [0.3, 0.4) is 0 Å². The van der Waals surface area contributed by atoms with E-state index < -0.39 is 34.1 Å². The molecule has 0 spiro atoms. The van der Waals surface area contributed by atoms with E-state index in [1.165, 1.54) is 34.8 Å². The topological polar surface area (TPSA) is 40.6 Å². The number of nitrogens with zero attached hydrogens (tertiary/aromatic N) is 2. The van der Waals surface area contributed by atoms with Crippen LogP contribution in [0.25, 0.3) is 0 Å². The number of carbonyl (C=O) groups is 2. The molecule has 6 rings (SSSR count). The van der Waals surface area contributed by atoms with Gasteiger partial charge in [0.2, 0.25) is 11.8 Å². The van der Waals surface area contributed by atoms with E-state index in [4.69, 9.17) is 0 Å². The zero-order valence-corrected chi connectivity index (χ0v) is 35.0. The molecule has 2 saturated carbocycles. The first-order valence-electron chi connectivity index (χ1n) is 19.3. The fourth-order valence-electron chi connectivity index (χ4n) is 6.58. The Morgan fingerprint density at radius 1 is 0.582 bits per heavy atom. The number of amides is 2. The van der Waals surface area contributed by atoms with Crippen molar-refractivity contribution >= 4 is 23.2 Å². The molecule has 0 bridgehead atoms. The third kappa shape index (κ3) is 16.6. The van der Waals surface area contributed by atoms with Crippen LogP contribution in [0.15, 0.2) is 84.9 Å². The number of benzene rings is 2. The van der Waals surface area contributed by atoms with Crippen molar-refractivity contribution in [2.24, 2.45) is 22.7 Å². The summed E-state index contributed by atoms with van der Waals surface area (Å²) in [5, 5.41) is 0. The van der Waals surface area contributed by atoms with Crippen LogP contribution in [0.2, 0.25) is 0 Å². The van der Waals surface area contributed by atoms with Crippen molar-refractivity contribution in [1.82, 2.24) is 0 Å². The Bertz CT molecular complexity index is 1490. The van der Waals surface area contributed by atoms with Crippen LogP contribution in [-0.2, 0) is 31.3 Å². The van der Waals surface area contributed by atoms with E-state index in [1.807, 2.05) is 114 Å². The van der Waals surface area contributed by atoms with Crippen molar-refractivity contribution in [3.8, 4) is 0 Å². The summed E-state index contributed by atoms with van der Waals surface area (Å²) < 4.78 is 54.4. The molecule has 296 valence electrons. The first kappa shape index (κ1) is 47.7. The van der Waals surface area contributed by atoms with Gasteiger partial charge in [-0.25, -0.2) is 41.8 Å². The zero-order valence-electron chi connectivity index (χ0n) is 33.4. The second-order valence-corrected chi connectivity index (χ2v) is 16.3. The Kier molecular flexibility index (Phi) is 20.4. The van der Waals surface area contributed by atoms with Crippen molar-refractivity contribution < 1.29 is 48.9 Å². The van der Waals surface area contributed by atoms with Crippen molar-refractivity contribution in [3.63, 3.8) is 0 Å². The summed E-state index contributed by atoms with van der Waals surface area (Å²) >= 11 is 0. The summed E-state index contributed by atoms with van der Waals surface area (Å²) in [6.45, 7) is 11.9. The predicted octanol–water partition coefficient (Wildman–Crippen LogP) is 12.3. The van der Waals surface area contributed by atoms with E-state index >= 15 is 0 Å². The Morgan fingerprint density at radius 2 is 0.891 bits per heavy atom. The van der Waals surface area contributed by atoms with E-state index in [-0.39, 0.29) is 44.9 Å². The van der Waals surface area contributed by atoms with Crippen molar-refractivity contribution in [3.05, 3.63) is 120 Å². The fourth-order valence-corrected chi connectivity index (χ4v) is 6.58. The van der Waals surface area contributed by atoms with Crippen molar-refractivity contribution in [1.29, 1.82) is 0 Å². The van der Waals surface area contributed by atoms with Gasteiger partial charge in [0.05, 0.1) is 0 Å². The SMILES string of the molecule is CC(C)(C)C(=O)N(CC1CCCCC1)c1ccc(F)[c-]c1F.CC(C)(C)C(=O)N(CC1CCCCC1)c1ccc(F)[c-]c1F.[Ti+4].c1cc[cH-]c1.c1cc[cH-]c1. The van der Waals surface area contributed by atoms with Crippen LogP contribution in [0.5, 0.6) is 0 Å². The van der Waals surface area contributed by atoms with Crippen molar-refractivity contribution in [2.75, 3.05) is 22.9 Å². The summed E-state index contributed by atoms with van der Waals surface area (Å²) in [7, 11) is 0. The van der Waals surface area contributed by atoms with Gasteiger partial charge in [0.25, 0.3) is 0 Å². The van der Waals surface area contributed by atoms with E-state index in [9.17, 15) is 27.2 Å². The second-order valence-electron chi connectivity index (χ2n) is 16.3. The molecule has 0 unspecified atom stereocenters. The summed E-state index contributed by atoms with van der Waals surface area (Å²) in [6, 6.07) is 29.1. The molecule has 0 atom stereocenters. The van der Waals surface area contributed by atoms with Gasteiger partial charge >= 0.3 is 21.7 Å². The van der Waals surface area contributed by atoms with Crippen LogP contribution in [0.4, 0.5) is 28.9 Å². The minimum atomic E-state index is -0.798. The largest absolute Gasteiger partial charge is 4.00 e. The summed E-state index contributed by atoms with van der Waals surface area (Å²) in [5.41, 5.74) is -0.968. The van der Waals surface area contributed by atoms with Crippen LogP contribution in [0.1, 0.15) is 106 Å².